The van der Waals surface area contributed by atoms with E-state index >= 15 is 0 Å². The highest BCUT2D eigenvalue weighted by atomic mass is 16.3. The Hall–Kier alpha value is -2.92. The van der Waals surface area contributed by atoms with Crippen LogP contribution in [0.4, 0.5) is 11.6 Å². The summed E-state index contributed by atoms with van der Waals surface area (Å²) in [6, 6.07) is 18.8. The fraction of sp³-hybridized carbons (Fsp3) is 0.360. The van der Waals surface area contributed by atoms with Gasteiger partial charge in [-0.05, 0) is 48.4 Å². The van der Waals surface area contributed by atoms with Crippen LogP contribution in [0.5, 0.6) is 0 Å². The molecule has 5 nitrogen and oxygen atoms in total. The Balaban J connectivity index is 1.37. The number of nitrogens with zero attached hydrogens (tertiary/aromatic N) is 3. The SMILES string of the molecule is C[C@@H](O)c1ccc2c(c1)CCN(c1cc(NCc3ccccc3)nc(C3CC3)n1)C2. The minimum absolute atomic E-state index is 0.422. The molecule has 2 heterocycles. The monoisotopic (exact) mass is 400 g/mol. The van der Waals surface area contributed by atoms with Crippen molar-refractivity contribution in [3.05, 3.63) is 82.7 Å². The number of nitrogens with one attached hydrogen (secondary N) is 1. The molecule has 2 aliphatic rings. The Labute approximate surface area is 177 Å². The molecule has 0 amide bonds. The molecule has 0 spiro atoms. The molecular weight excluding hydrogens is 372 g/mol. The first-order valence-corrected chi connectivity index (χ1v) is 10.9. The topological polar surface area (TPSA) is 61.3 Å². The number of aliphatic hydroxyl groups excluding tert-OH is 1. The van der Waals surface area contributed by atoms with Gasteiger partial charge >= 0.3 is 0 Å². The zero-order valence-electron chi connectivity index (χ0n) is 17.4. The van der Waals surface area contributed by atoms with Crippen LogP contribution in [0.2, 0.25) is 0 Å². The van der Waals surface area contributed by atoms with Crippen LogP contribution < -0.4 is 10.2 Å². The van der Waals surface area contributed by atoms with Crippen molar-refractivity contribution in [2.75, 3.05) is 16.8 Å². The summed E-state index contributed by atoms with van der Waals surface area (Å²) in [6.45, 7) is 4.34. The normalized spacial score (nSPS) is 16.8. The minimum Gasteiger partial charge on any atom is -0.389 e. The van der Waals surface area contributed by atoms with Crippen LogP contribution in [0.25, 0.3) is 0 Å². The second-order valence-corrected chi connectivity index (χ2v) is 8.46. The van der Waals surface area contributed by atoms with Crippen molar-refractivity contribution in [2.45, 2.75) is 51.3 Å². The van der Waals surface area contributed by atoms with Crippen LogP contribution in [0.3, 0.4) is 0 Å². The Bertz CT molecular complexity index is 1030. The smallest absolute Gasteiger partial charge is 0.136 e. The first-order chi connectivity index (χ1) is 14.7. The lowest BCUT2D eigenvalue weighted by molar-refractivity contribution is 0.199. The Morgan fingerprint density at radius 1 is 1.07 bits per heavy atom. The first kappa shape index (κ1) is 19.1. The summed E-state index contributed by atoms with van der Waals surface area (Å²) in [4.78, 5) is 12.1. The maximum atomic E-state index is 9.87. The van der Waals surface area contributed by atoms with Gasteiger partial charge in [0.1, 0.15) is 17.5 Å². The molecule has 2 aromatic carbocycles. The van der Waals surface area contributed by atoms with Gasteiger partial charge in [-0.25, -0.2) is 9.97 Å². The lowest BCUT2D eigenvalue weighted by atomic mass is 9.96. The molecule has 1 aliphatic heterocycles. The van der Waals surface area contributed by atoms with Gasteiger partial charge in [-0.15, -0.1) is 0 Å². The van der Waals surface area contributed by atoms with E-state index in [4.69, 9.17) is 9.97 Å². The van der Waals surface area contributed by atoms with Crippen molar-refractivity contribution in [3.8, 4) is 0 Å². The highest BCUT2D eigenvalue weighted by Gasteiger charge is 2.28. The van der Waals surface area contributed by atoms with E-state index in [-0.39, 0.29) is 0 Å². The molecule has 0 saturated heterocycles. The molecular formula is C25H28N4O. The molecule has 0 radical (unpaired) electrons. The molecule has 30 heavy (non-hydrogen) atoms. The predicted molar refractivity (Wildman–Crippen MR) is 120 cm³/mol. The predicted octanol–water partition coefficient (Wildman–Crippen LogP) is 4.58. The average Bonchev–Trinajstić information content (AvgIpc) is 3.63. The fourth-order valence-electron chi connectivity index (χ4n) is 4.05. The number of hydrogen-bond donors (Lipinski definition) is 2. The van der Waals surface area contributed by atoms with Gasteiger partial charge in [0.05, 0.1) is 6.10 Å². The minimum atomic E-state index is -0.422. The van der Waals surface area contributed by atoms with E-state index in [0.29, 0.717) is 5.92 Å². The van der Waals surface area contributed by atoms with Gasteiger partial charge in [-0.3, -0.25) is 0 Å². The van der Waals surface area contributed by atoms with Crippen LogP contribution in [-0.4, -0.2) is 21.6 Å². The number of aromatic nitrogens is 2. The van der Waals surface area contributed by atoms with Crippen molar-refractivity contribution in [1.29, 1.82) is 0 Å². The number of anilines is 2. The largest absolute Gasteiger partial charge is 0.389 e. The maximum Gasteiger partial charge on any atom is 0.136 e. The van der Waals surface area contributed by atoms with E-state index in [9.17, 15) is 5.11 Å². The lowest BCUT2D eigenvalue weighted by Crippen LogP contribution is -2.31. The standard InChI is InChI=1S/C25H28N4O/c1-17(30)20-9-10-22-16-29(12-11-21(22)13-20)24-14-23(27-25(28-24)19-7-8-19)26-15-18-5-3-2-4-6-18/h2-6,9-10,13-14,17,19,30H,7-8,11-12,15-16H2,1H3,(H,26,27,28)/t17-/m1/s1. The van der Waals surface area contributed by atoms with E-state index in [2.05, 4.69) is 52.7 Å². The Morgan fingerprint density at radius 3 is 2.67 bits per heavy atom. The van der Waals surface area contributed by atoms with Gasteiger partial charge in [-0.2, -0.15) is 0 Å². The molecule has 1 fully saturated rings. The van der Waals surface area contributed by atoms with E-state index in [1.54, 1.807) is 0 Å². The van der Waals surface area contributed by atoms with Gasteiger partial charge < -0.3 is 15.3 Å². The summed E-state index contributed by atoms with van der Waals surface area (Å²) in [5.74, 6) is 3.39. The molecule has 3 aromatic rings. The average molecular weight is 401 g/mol. The molecule has 1 saturated carbocycles. The van der Waals surface area contributed by atoms with Crippen molar-refractivity contribution >= 4 is 11.6 Å². The highest BCUT2D eigenvalue weighted by molar-refractivity contribution is 5.52. The molecule has 5 rings (SSSR count). The summed E-state index contributed by atoms with van der Waals surface area (Å²) >= 11 is 0. The third-order valence-corrected chi connectivity index (χ3v) is 6.04. The van der Waals surface area contributed by atoms with Gasteiger partial charge in [0.25, 0.3) is 0 Å². The van der Waals surface area contributed by atoms with E-state index < -0.39 is 6.10 Å². The number of benzene rings is 2. The summed E-state index contributed by atoms with van der Waals surface area (Å²) in [5, 5.41) is 13.4. The molecule has 1 aromatic heterocycles. The van der Waals surface area contributed by atoms with Gasteiger partial charge in [0.2, 0.25) is 0 Å². The molecule has 1 atom stereocenters. The molecule has 5 heteroatoms. The van der Waals surface area contributed by atoms with Crippen LogP contribution in [0, 0.1) is 0 Å². The zero-order valence-corrected chi connectivity index (χ0v) is 17.4. The van der Waals surface area contributed by atoms with Crippen molar-refractivity contribution in [2.24, 2.45) is 0 Å². The first-order valence-electron chi connectivity index (χ1n) is 10.9. The second-order valence-electron chi connectivity index (χ2n) is 8.46. The Morgan fingerprint density at radius 2 is 1.90 bits per heavy atom. The maximum absolute atomic E-state index is 9.87. The van der Waals surface area contributed by atoms with E-state index in [1.165, 1.54) is 29.5 Å². The summed E-state index contributed by atoms with van der Waals surface area (Å²) in [7, 11) is 0. The van der Waals surface area contributed by atoms with E-state index in [1.807, 2.05) is 19.1 Å². The molecule has 2 N–H and O–H groups in total. The van der Waals surface area contributed by atoms with Crippen molar-refractivity contribution in [1.82, 2.24) is 9.97 Å². The number of hydrogen-bond acceptors (Lipinski definition) is 5. The fourth-order valence-corrected chi connectivity index (χ4v) is 4.05. The molecule has 0 unspecified atom stereocenters. The molecule has 0 bridgehead atoms. The zero-order chi connectivity index (χ0) is 20.5. The van der Waals surface area contributed by atoms with Gasteiger partial charge in [-0.1, -0.05) is 48.5 Å². The summed E-state index contributed by atoms with van der Waals surface area (Å²) in [5.41, 5.74) is 4.89. The van der Waals surface area contributed by atoms with Crippen LogP contribution in [-0.2, 0) is 19.5 Å². The van der Waals surface area contributed by atoms with Crippen molar-refractivity contribution < 1.29 is 5.11 Å². The van der Waals surface area contributed by atoms with E-state index in [0.717, 1.165) is 49.1 Å². The van der Waals surface area contributed by atoms with Crippen LogP contribution >= 0.6 is 0 Å². The van der Waals surface area contributed by atoms with Crippen molar-refractivity contribution in [3.63, 3.8) is 0 Å². The second kappa shape index (κ2) is 8.07. The summed E-state index contributed by atoms with van der Waals surface area (Å²) < 4.78 is 0. The Kier molecular flexibility index (Phi) is 5.13. The van der Waals surface area contributed by atoms with Crippen LogP contribution in [0.1, 0.15) is 59.9 Å². The highest BCUT2D eigenvalue weighted by Crippen LogP contribution is 2.39. The third-order valence-electron chi connectivity index (χ3n) is 6.04. The number of fused-ring (bicyclic) bond motifs is 1. The molecule has 1 aliphatic carbocycles. The number of rotatable bonds is 6. The van der Waals surface area contributed by atoms with Gasteiger partial charge in [0.15, 0.2) is 0 Å². The third kappa shape index (κ3) is 4.17. The lowest BCUT2D eigenvalue weighted by Gasteiger charge is -2.30. The van der Waals surface area contributed by atoms with Gasteiger partial charge in [0, 0.05) is 31.6 Å². The summed E-state index contributed by atoms with van der Waals surface area (Å²) in [6.07, 6.45) is 2.92. The number of aliphatic hydroxyl groups is 1. The molecule has 154 valence electrons. The van der Waals surface area contributed by atoms with Crippen LogP contribution in [0.15, 0.2) is 54.6 Å². The quantitative estimate of drug-likeness (QED) is 0.634.